The fourth-order valence-corrected chi connectivity index (χ4v) is 0.495. The Morgan fingerprint density at radius 2 is 2.10 bits per heavy atom. The first-order valence-electron chi connectivity index (χ1n) is 3.36. The summed E-state index contributed by atoms with van der Waals surface area (Å²) in [5, 5.41) is 13.2. The van der Waals surface area contributed by atoms with E-state index in [-0.39, 0.29) is 4.92 Å². The van der Waals surface area contributed by atoms with E-state index in [0.717, 1.165) is 6.54 Å². The third kappa shape index (κ3) is 2.77. The van der Waals surface area contributed by atoms with Crippen LogP contribution in [0, 0.1) is 10.1 Å². The molecule has 0 heterocycles. The van der Waals surface area contributed by atoms with Crippen LogP contribution in [0.3, 0.4) is 0 Å². The fraction of sp³-hybridized carbons (Fsp3) is 1.00. The molecule has 0 aromatic carbocycles. The number of nitrogens with zero attached hydrogens (tertiary/aromatic N) is 1. The normalized spacial score (nSPS) is 11.5. The van der Waals surface area contributed by atoms with Gasteiger partial charge in [0.2, 0.25) is 5.54 Å². The van der Waals surface area contributed by atoms with Crippen LogP contribution < -0.4 is 5.32 Å². The zero-order valence-electron chi connectivity index (χ0n) is 6.68. The highest BCUT2D eigenvalue weighted by molar-refractivity contribution is 4.68. The van der Waals surface area contributed by atoms with E-state index in [2.05, 4.69) is 5.32 Å². The first-order valence-corrected chi connectivity index (χ1v) is 3.36. The van der Waals surface area contributed by atoms with Gasteiger partial charge in [-0.2, -0.15) is 0 Å². The summed E-state index contributed by atoms with van der Waals surface area (Å²) in [6, 6.07) is 0. The van der Waals surface area contributed by atoms with Gasteiger partial charge in [0.15, 0.2) is 0 Å². The van der Waals surface area contributed by atoms with Crippen LogP contribution in [-0.4, -0.2) is 23.6 Å². The fourth-order valence-electron chi connectivity index (χ4n) is 0.495. The van der Waals surface area contributed by atoms with Crippen molar-refractivity contribution < 1.29 is 4.92 Å². The lowest BCUT2D eigenvalue weighted by molar-refractivity contribution is -0.558. The van der Waals surface area contributed by atoms with Gasteiger partial charge in [0.25, 0.3) is 0 Å². The van der Waals surface area contributed by atoms with E-state index in [4.69, 9.17) is 0 Å². The molecule has 0 aromatic rings. The van der Waals surface area contributed by atoms with Crippen LogP contribution in [0.25, 0.3) is 0 Å². The molecule has 0 saturated heterocycles. The van der Waals surface area contributed by atoms with Crippen molar-refractivity contribution in [3.63, 3.8) is 0 Å². The van der Waals surface area contributed by atoms with E-state index < -0.39 is 5.54 Å². The Morgan fingerprint density at radius 1 is 1.60 bits per heavy atom. The maximum Gasteiger partial charge on any atom is 0.228 e. The predicted octanol–water partition coefficient (Wildman–Crippen LogP) is 0.651. The summed E-state index contributed by atoms with van der Waals surface area (Å²) >= 11 is 0. The molecule has 4 heteroatoms. The van der Waals surface area contributed by atoms with E-state index in [1.807, 2.05) is 6.92 Å². The minimum Gasteiger partial charge on any atom is -0.311 e. The van der Waals surface area contributed by atoms with Crippen LogP contribution >= 0.6 is 0 Å². The molecule has 0 aromatic heterocycles. The van der Waals surface area contributed by atoms with Crippen molar-refractivity contribution in [1.29, 1.82) is 0 Å². The smallest absolute Gasteiger partial charge is 0.228 e. The number of hydrogen-bond donors (Lipinski definition) is 1. The summed E-state index contributed by atoms with van der Waals surface area (Å²) in [5.41, 5.74) is -0.837. The molecule has 0 spiro atoms. The molecule has 0 bridgehead atoms. The number of likely N-dealkylation sites (N-methyl/N-ethyl adjacent to an activating group) is 1. The molecule has 0 aliphatic heterocycles. The SMILES string of the molecule is CCNCC(C)(C)[N+](=O)[O-]. The molecule has 0 rings (SSSR count). The molecular formula is C6H14N2O2. The van der Waals surface area contributed by atoms with Gasteiger partial charge in [-0.15, -0.1) is 0 Å². The number of hydrogen-bond acceptors (Lipinski definition) is 3. The molecule has 60 valence electrons. The standard InChI is InChI=1S/C6H14N2O2/c1-4-7-5-6(2,3)8(9)10/h7H,4-5H2,1-3H3. The van der Waals surface area contributed by atoms with Crippen molar-refractivity contribution in [2.24, 2.45) is 0 Å². The average Bonchev–Trinajstić information content (AvgIpc) is 1.84. The first-order chi connectivity index (χ1) is 4.50. The van der Waals surface area contributed by atoms with Crippen LogP contribution in [0.2, 0.25) is 0 Å². The Hall–Kier alpha value is -0.640. The van der Waals surface area contributed by atoms with Crippen molar-refractivity contribution in [3.8, 4) is 0 Å². The van der Waals surface area contributed by atoms with E-state index >= 15 is 0 Å². The van der Waals surface area contributed by atoms with E-state index in [1.54, 1.807) is 13.8 Å². The highest BCUT2D eigenvalue weighted by Crippen LogP contribution is 2.04. The van der Waals surface area contributed by atoms with Crippen LogP contribution in [0.4, 0.5) is 0 Å². The Kier molecular flexibility index (Phi) is 3.28. The second-order valence-corrected chi connectivity index (χ2v) is 2.85. The Labute approximate surface area is 60.8 Å². The summed E-state index contributed by atoms with van der Waals surface area (Å²) in [6.07, 6.45) is 0. The molecule has 0 atom stereocenters. The second kappa shape index (κ2) is 3.51. The highest BCUT2D eigenvalue weighted by atomic mass is 16.6. The molecule has 1 N–H and O–H groups in total. The van der Waals surface area contributed by atoms with Gasteiger partial charge in [-0.1, -0.05) is 6.92 Å². The topological polar surface area (TPSA) is 55.2 Å². The predicted molar refractivity (Wildman–Crippen MR) is 39.6 cm³/mol. The molecule has 0 amide bonds. The third-order valence-electron chi connectivity index (χ3n) is 1.30. The lowest BCUT2D eigenvalue weighted by Crippen LogP contribution is -2.41. The Bertz CT molecular complexity index is 123. The maximum atomic E-state index is 10.3. The second-order valence-electron chi connectivity index (χ2n) is 2.85. The molecule has 4 nitrogen and oxygen atoms in total. The number of nitrogens with one attached hydrogen (secondary N) is 1. The average molecular weight is 146 g/mol. The molecule has 10 heavy (non-hydrogen) atoms. The first kappa shape index (κ1) is 9.36. The van der Waals surface area contributed by atoms with Gasteiger partial charge >= 0.3 is 0 Å². The zero-order chi connectivity index (χ0) is 8.20. The largest absolute Gasteiger partial charge is 0.311 e. The van der Waals surface area contributed by atoms with Gasteiger partial charge in [0.1, 0.15) is 0 Å². The summed E-state index contributed by atoms with van der Waals surface area (Å²) in [7, 11) is 0. The monoisotopic (exact) mass is 146 g/mol. The zero-order valence-corrected chi connectivity index (χ0v) is 6.68. The van der Waals surface area contributed by atoms with Crippen molar-refractivity contribution in [2.45, 2.75) is 26.3 Å². The summed E-state index contributed by atoms with van der Waals surface area (Å²) in [6.45, 7) is 6.34. The molecule has 0 fully saturated rings. The van der Waals surface area contributed by atoms with Crippen molar-refractivity contribution >= 4 is 0 Å². The summed E-state index contributed by atoms with van der Waals surface area (Å²) < 4.78 is 0. The lowest BCUT2D eigenvalue weighted by Gasteiger charge is -2.14. The van der Waals surface area contributed by atoms with E-state index in [9.17, 15) is 10.1 Å². The van der Waals surface area contributed by atoms with Gasteiger partial charge in [0, 0.05) is 18.8 Å². The van der Waals surface area contributed by atoms with Gasteiger partial charge < -0.3 is 5.32 Å². The van der Waals surface area contributed by atoms with Gasteiger partial charge in [0.05, 0.1) is 6.54 Å². The number of nitro groups is 1. The minimum atomic E-state index is -0.837. The van der Waals surface area contributed by atoms with E-state index in [0.29, 0.717) is 6.54 Å². The molecule has 0 radical (unpaired) electrons. The minimum absolute atomic E-state index is 0.268. The molecule has 0 saturated carbocycles. The van der Waals surface area contributed by atoms with Gasteiger partial charge in [-0.05, 0) is 6.54 Å². The van der Waals surface area contributed by atoms with E-state index in [1.165, 1.54) is 0 Å². The van der Waals surface area contributed by atoms with Crippen LogP contribution in [-0.2, 0) is 0 Å². The van der Waals surface area contributed by atoms with Gasteiger partial charge in [-0.3, -0.25) is 10.1 Å². The molecule has 0 unspecified atom stereocenters. The molecule has 0 aliphatic carbocycles. The lowest BCUT2D eigenvalue weighted by atomic mass is 10.1. The summed E-state index contributed by atoms with van der Waals surface area (Å²) in [5.74, 6) is 0. The quantitative estimate of drug-likeness (QED) is 0.468. The van der Waals surface area contributed by atoms with Crippen LogP contribution in [0.1, 0.15) is 20.8 Å². The van der Waals surface area contributed by atoms with Crippen molar-refractivity contribution in [3.05, 3.63) is 10.1 Å². The molecular weight excluding hydrogens is 132 g/mol. The van der Waals surface area contributed by atoms with Crippen LogP contribution in [0.15, 0.2) is 0 Å². The van der Waals surface area contributed by atoms with Crippen LogP contribution in [0.5, 0.6) is 0 Å². The Balaban J connectivity index is 3.75. The van der Waals surface area contributed by atoms with Crippen molar-refractivity contribution in [2.75, 3.05) is 13.1 Å². The number of rotatable bonds is 4. The summed E-state index contributed by atoms with van der Waals surface area (Å²) in [4.78, 5) is 10.0. The highest BCUT2D eigenvalue weighted by Gasteiger charge is 2.29. The molecule has 0 aliphatic rings. The van der Waals surface area contributed by atoms with Crippen molar-refractivity contribution in [1.82, 2.24) is 5.32 Å². The Morgan fingerprint density at radius 3 is 2.40 bits per heavy atom. The third-order valence-corrected chi connectivity index (χ3v) is 1.30. The van der Waals surface area contributed by atoms with Gasteiger partial charge in [-0.25, -0.2) is 0 Å². The maximum absolute atomic E-state index is 10.3.